The molecule has 25 heavy (non-hydrogen) atoms. The van der Waals surface area contributed by atoms with Crippen LogP contribution in [0.3, 0.4) is 0 Å². The minimum Gasteiger partial charge on any atom is -0.432 e. The molecule has 7 heteroatoms. The van der Waals surface area contributed by atoms with Crippen molar-refractivity contribution in [3.63, 3.8) is 0 Å². The van der Waals surface area contributed by atoms with Crippen LogP contribution in [0.5, 0.6) is 0 Å². The third-order valence-corrected chi connectivity index (χ3v) is 16.1. The molecule has 3 nitrogen and oxygen atoms in total. The van der Waals surface area contributed by atoms with Gasteiger partial charge in [0, 0.05) is 0 Å². The lowest BCUT2D eigenvalue weighted by molar-refractivity contribution is 0.549. The normalized spacial score (nSPS) is 14.0. The van der Waals surface area contributed by atoms with Crippen molar-refractivity contribution in [1.82, 2.24) is 0 Å². The van der Waals surface area contributed by atoms with Gasteiger partial charge in [-0.15, -0.1) is 0 Å². The third-order valence-electron chi connectivity index (χ3n) is 5.03. The van der Waals surface area contributed by atoms with Gasteiger partial charge in [-0.3, -0.25) is 0 Å². The average Bonchev–Trinajstić information content (AvgIpc) is 2.45. The molecule has 1 rings (SSSR count). The van der Waals surface area contributed by atoms with Crippen molar-refractivity contribution in [1.29, 1.82) is 0 Å². The van der Waals surface area contributed by atoms with Gasteiger partial charge >= 0.3 is 0 Å². The molecule has 0 fully saturated rings. The van der Waals surface area contributed by atoms with Gasteiger partial charge < -0.3 is 14.4 Å². The molecule has 0 radical (unpaired) electrons. The molecule has 0 heterocycles. The minimum atomic E-state index is -2.12. The maximum atomic E-state index is 10.5. The summed E-state index contributed by atoms with van der Waals surface area (Å²) in [6.45, 7) is 12.1. The predicted molar refractivity (Wildman–Crippen MR) is 120 cm³/mol. The summed E-state index contributed by atoms with van der Waals surface area (Å²) in [7, 11) is -8.23. The largest absolute Gasteiger partial charge is 0.432 e. The van der Waals surface area contributed by atoms with Crippen molar-refractivity contribution in [2.75, 3.05) is 0 Å². The molecule has 0 amide bonds. The van der Waals surface area contributed by atoms with E-state index in [0.717, 1.165) is 36.3 Å². The highest BCUT2D eigenvalue weighted by Gasteiger charge is 2.39. The van der Waals surface area contributed by atoms with Gasteiger partial charge in [-0.05, 0) is 57.4 Å². The highest BCUT2D eigenvalue weighted by Crippen LogP contribution is 2.32. The zero-order valence-corrected chi connectivity index (χ0v) is 21.0. The molecular formula is C18H38O3Si4. The van der Waals surface area contributed by atoms with Crippen LogP contribution in [0.25, 0.3) is 0 Å². The lowest BCUT2D eigenvalue weighted by Crippen LogP contribution is -2.51. The first-order valence-corrected chi connectivity index (χ1v) is 21.5. The topological polar surface area (TPSA) is 60.7 Å². The van der Waals surface area contributed by atoms with Crippen LogP contribution in [0, 0.1) is 0 Å². The van der Waals surface area contributed by atoms with Crippen LogP contribution < -0.4 is 5.19 Å². The lowest BCUT2D eigenvalue weighted by Gasteiger charge is -2.37. The fraction of sp³-hybridized carbons (Fsp3) is 0.667. The van der Waals surface area contributed by atoms with Gasteiger partial charge in [-0.1, -0.05) is 53.7 Å². The Hall–Kier alpha value is -0.0325. The molecule has 0 aliphatic carbocycles. The molecule has 1 aromatic rings. The fourth-order valence-electron chi connectivity index (χ4n) is 3.24. The summed E-state index contributed by atoms with van der Waals surface area (Å²) in [5.74, 6) is 0. The van der Waals surface area contributed by atoms with Crippen molar-refractivity contribution in [2.24, 2.45) is 0 Å². The Morgan fingerprint density at radius 1 is 0.560 bits per heavy atom. The summed E-state index contributed by atoms with van der Waals surface area (Å²) in [5.41, 5.74) is 0. The van der Waals surface area contributed by atoms with E-state index in [1.165, 1.54) is 5.19 Å². The van der Waals surface area contributed by atoms with E-state index < -0.39 is 33.0 Å². The zero-order valence-electron chi connectivity index (χ0n) is 17.0. The molecule has 144 valence electrons. The number of rotatable bonds is 10. The van der Waals surface area contributed by atoms with E-state index in [4.69, 9.17) is 0 Å². The Bertz CT molecular complexity index is 470. The Morgan fingerprint density at radius 2 is 0.880 bits per heavy atom. The third kappa shape index (κ3) is 9.46. The summed E-state index contributed by atoms with van der Waals surface area (Å²) in [4.78, 5) is 31.4. The van der Waals surface area contributed by atoms with Crippen molar-refractivity contribution in [3.8, 4) is 0 Å². The van der Waals surface area contributed by atoms with E-state index >= 15 is 0 Å². The first-order chi connectivity index (χ1) is 11.2. The van der Waals surface area contributed by atoms with Crippen molar-refractivity contribution >= 4 is 38.2 Å². The molecule has 0 unspecified atom stereocenters. The van der Waals surface area contributed by atoms with Crippen LogP contribution >= 0.6 is 0 Å². The van der Waals surface area contributed by atoms with Gasteiger partial charge in [-0.2, -0.15) is 0 Å². The van der Waals surface area contributed by atoms with Crippen LogP contribution in [0.15, 0.2) is 30.3 Å². The average molecular weight is 415 g/mol. The van der Waals surface area contributed by atoms with E-state index in [9.17, 15) is 14.4 Å². The van der Waals surface area contributed by atoms with Gasteiger partial charge in [0.15, 0.2) is 25.0 Å². The lowest BCUT2D eigenvalue weighted by atomic mass is 10.4. The van der Waals surface area contributed by atoms with E-state index in [0.29, 0.717) is 0 Å². The van der Waals surface area contributed by atoms with Gasteiger partial charge in [0.25, 0.3) is 0 Å². The summed E-state index contributed by atoms with van der Waals surface area (Å²) < 4.78 is 0. The summed E-state index contributed by atoms with van der Waals surface area (Å²) >= 11 is 0. The first-order valence-electron chi connectivity index (χ1n) is 9.45. The predicted octanol–water partition coefficient (Wildman–Crippen LogP) is 3.93. The molecule has 0 saturated heterocycles. The fourth-order valence-corrected chi connectivity index (χ4v) is 18.8. The van der Waals surface area contributed by atoms with Gasteiger partial charge in [0.05, 0.1) is 8.07 Å². The molecule has 0 spiro atoms. The molecule has 0 aliphatic heterocycles. The molecule has 3 N–H and O–H groups in total. The smallest absolute Gasteiger partial charge is 0.182 e. The standard InChI is InChI=1S/C18H38O3Si4/c1-22(2,19)12-15-25(16-13-23(3,4)20,17-14-24(5,6)21)18-10-8-7-9-11-18/h7-11,19-21H,12-17H2,1-6H3. The van der Waals surface area contributed by atoms with Crippen LogP contribution in [0.4, 0.5) is 0 Å². The van der Waals surface area contributed by atoms with Gasteiger partial charge in [-0.25, -0.2) is 0 Å². The second-order valence-electron chi connectivity index (χ2n) is 9.58. The van der Waals surface area contributed by atoms with E-state index in [-0.39, 0.29) is 0 Å². The Labute approximate surface area is 158 Å². The highest BCUT2D eigenvalue weighted by atomic mass is 28.4. The summed E-state index contributed by atoms with van der Waals surface area (Å²) in [6, 6.07) is 16.7. The summed E-state index contributed by atoms with van der Waals surface area (Å²) in [5, 5.41) is 1.43. The van der Waals surface area contributed by atoms with Gasteiger partial charge in [0.2, 0.25) is 0 Å². The van der Waals surface area contributed by atoms with Crippen molar-refractivity contribution < 1.29 is 14.4 Å². The first kappa shape index (κ1) is 23.0. The highest BCUT2D eigenvalue weighted by molar-refractivity contribution is 6.94. The van der Waals surface area contributed by atoms with E-state index in [1.54, 1.807) is 0 Å². The van der Waals surface area contributed by atoms with Crippen molar-refractivity contribution in [3.05, 3.63) is 30.3 Å². The maximum absolute atomic E-state index is 10.5. The van der Waals surface area contributed by atoms with Crippen LogP contribution in [0.1, 0.15) is 0 Å². The zero-order chi connectivity index (χ0) is 19.4. The number of hydrogen-bond acceptors (Lipinski definition) is 3. The van der Waals surface area contributed by atoms with Crippen molar-refractivity contribution in [2.45, 2.75) is 75.5 Å². The molecule has 1 aromatic carbocycles. The molecule has 0 aromatic heterocycles. The van der Waals surface area contributed by atoms with E-state index in [2.05, 4.69) is 30.3 Å². The van der Waals surface area contributed by atoms with Crippen LogP contribution in [-0.2, 0) is 0 Å². The Morgan fingerprint density at radius 3 is 1.16 bits per heavy atom. The molecule has 0 bridgehead atoms. The number of benzene rings is 1. The second-order valence-corrected chi connectivity index (χ2v) is 26.6. The SMILES string of the molecule is C[Si](C)(O)CC[Si](CC[Si](C)(C)O)(CC[Si](C)(C)O)c1ccccc1. The number of hydrogen-bond donors (Lipinski definition) is 3. The quantitative estimate of drug-likeness (QED) is 0.508. The Kier molecular flexibility index (Phi) is 8.07. The maximum Gasteiger partial charge on any atom is 0.182 e. The minimum absolute atomic E-state index is 0.912. The Balaban J connectivity index is 3.19. The van der Waals surface area contributed by atoms with Crippen LogP contribution in [-0.4, -0.2) is 47.4 Å². The van der Waals surface area contributed by atoms with Crippen LogP contribution in [0.2, 0.25) is 75.5 Å². The molecular weight excluding hydrogens is 377 g/mol. The molecule has 0 atom stereocenters. The molecule has 0 saturated carbocycles. The van der Waals surface area contributed by atoms with E-state index in [1.807, 2.05) is 39.3 Å². The van der Waals surface area contributed by atoms with Gasteiger partial charge in [0.1, 0.15) is 0 Å². The monoisotopic (exact) mass is 414 g/mol. The summed E-state index contributed by atoms with van der Waals surface area (Å²) in [6.07, 6.45) is 0. The second kappa shape index (κ2) is 8.77. The molecule has 0 aliphatic rings.